The second kappa shape index (κ2) is 9.98. The summed E-state index contributed by atoms with van der Waals surface area (Å²) in [5, 5.41) is 0. The molecule has 3 rings (SSSR count). The third-order valence-corrected chi connectivity index (χ3v) is 4.69. The zero-order chi connectivity index (χ0) is 22.4. The highest BCUT2D eigenvalue weighted by Crippen LogP contribution is 2.31. The normalized spacial score (nSPS) is 14.1. The number of hydrogen-bond donors (Lipinski definition) is 0. The average Bonchev–Trinajstić information content (AvgIpc) is 2.75. The summed E-state index contributed by atoms with van der Waals surface area (Å²) in [6, 6.07) is 1.75. The molecule has 31 heavy (non-hydrogen) atoms. The van der Waals surface area contributed by atoms with Crippen LogP contribution >= 0.6 is 0 Å². The zero-order valence-electron chi connectivity index (χ0n) is 18.1. The fourth-order valence-electron chi connectivity index (χ4n) is 3.08. The van der Waals surface area contributed by atoms with Crippen LogP contribution in [0, 0.1) is 19.3 Å². The Morgan fingerprint density at radius 3 is 2.55 bits per heavy atom. The fourth-order valence-corrected chi connectivity index (χ4v) is 3.08. The molecular weight excluding hydrogens is 400 g/mol. The summed E-state index contributed by atoms with van der Waals surface area (Å²) < 4.78 is 22.3. The van der Waals surface area contributed by atoms with Crippen molar-refractivity contribution in [2.45, 2.75) is 45.8 Å². The van der Waals surface area contributed by atoms with E-state index in [4.69, 9.17) is 25.4 Å². The molecule has 9 nitrogen and oxygen atoms in total. The zero-order valence-corrected chi connectivity index (χ0v) is 18.1. The summed E-state index contributed by atoms with van der Waals surface area (Å²) in [5.41, 5.74) is 1.14. The quantitative estimate of drug-likeness (QED) is 0.649. The van der Waals surface area contributed by atoms with Gasteiger partial charge in [0.1, 0.15) is 18.0 Å². The molecule has 0 bridgehead atoms. The van der Waals surface area contributed by atoms with Crippen LogP contribution in [-0.4, -0.2) is 58.4 Å². The van der Waals surface area contributed by atoms with E-state index < -0.39 is 0 Å². The number of piperidine rings is 1. The Hall–Kier alpha value is -3.54. The van der Waals surface area contributed by atoms with Crippen LogP contribution in [0.1, 0.15) is 37.8 Å². The van der Waals surface area contributed by atoms with Crippen LogP contribution in [0.5, 0.6) is 23.4 Å². The van der Waals surface area contributed by atoms with E-state index in [1.165, 1.54) is 6.33 Å². The predicted molar refractivity (Wildman–Crippen MR) is 112 cm³/mol. The Labute approximate surface area is 181 Å². The molecule has 1 amide bonds. The molecule has 2 aromatic heterocycles. The Kier molecular flexibility index (Phi) is 7.13. The maximum atomic E-state index is 12.0. The molecule has 0 saturated carbocycles. The number of hydrogen-bond acceptors (Lipinski definition) is 8. The van der Waals surface area contributed by atoms with E-state index in [0.29, 0.717) is 43.1 Å². The lowest BCUT2D eigenvalue weighted by Crippen LogP contribution is -2.42. The van der Waals surface area contributed by atoms with Crippen molar-refractivity contribution in [1.29, 1.82) is 0 Å². The maximum Gasteiger partial charge on any atom is 0.410 e. The van der Waals surface area contributed by atoms with Crippen molar-refractivity contribution >= 4 is 6.09 Å². The van der Waals surface area contributed by atoms with Crippen molar-refractivity contribution in [3.8, 4) is 35.7 Å². The summed E-state index contributed by atoms with van der Waals surface area (Å²) >= 11 is 0. The highest BCUT2D eigenvalue weighted by atomic mass is 16.6. The van der Waals surface area contributed by atoms with Crippen LogP contribution in [0.3, 0.4) is 0 Å². The number of carbonyl (C=O) groups is 1. The molecule has 1 aliphatic heterocycles. The second-order valence-electron chi connectivity index (χ2n) is 7.33. The molecule has 0 spiro atoms. The molecule has 9 heteroatoms. The lowest BCUT2D eigenvalue weighted by Gasteiger charge is -2.31. The number of aryl methyl sites for hydroxylation is 1. The van der Waals surface area contributed by atoms with Gasteiger partial charge in [0.2, 0.25) is 17.6 Å². The SMILES string of the molecule is C#Cc1c(Oc2cnc(OC)cc2C)ncnc1OC1CCN(C(=O)OC(C)C)CC1. The van der Waals surface area contributed by atoms with E-state index in [9.17, 15) is 4.79 Å². The summed E-state index contributed by atoms with van der Waals surface area (Å²) in [6.45, 7) is 6.59. The van der Waals surface area contributed by atoms with Gasteiger partial charge in [0.25, 0.3) is 0 Å². The molecular formula is C22H26N4O5. The number of likely N-dealkylation sites (tertiary alicyclic amines) is 1. The summed E-state index contributed by atoms with van der Waals surface area (Å²) in [6.07, 6.45) is 9.27. The number of methoxy groups -OCH3 is 1. The molecule has 1 fully saturated rings. The maximum absolute atomic E-state index is 12.0. The van der Waals surface area contributed by atoms with Crippen molar-refractivity contribution < 1.29 is 23.7 Å². The Bertz CT molecular complexity index is 965. The summed E-state index contributed by atoms with van der Waals surface area (Å²) in [7, 11) is 1.55. The monoisotopic (exact) mass is 426 g/mol. The molecule has 0 radical (unpaired) electrons. The molecule has 2 aromatic rings. The molecule has 0 aromatic carbocycles. The molecule has 1 aliphatic rings. The highest BCUT2D eigenvalue weighted by Gasteiger charge is 2.27. The number of nitrogens with zero attached hydrogens (tertiary/aromatic N) is 4. The topological polar surface area (TPSA) is 95.9 Å². The minimum atomic E-state index is -0.307. The Morgan fingerprint density at radius 2 is 1.94 bits per heavy atom. The number of ether oxygens (including phenoxy) is 4. The van der Waals surface area contributed by atoms with Crippen molar-refractivity contribution in [3.05, 3.63) is 29.7 Å². The van der Waals surface area contributed by atoms with Gasteiger partial charge in [0.05, 0.1) is 19.4 Å². The molecule has 0 unspecified atom stereocenters. The highest BCUT2D eigenvalue weighted by molar-refractivity contribution is 5.67. The number of aromatic nitrogens is 3. The van der Waals surface area contributed by atoms with E-state index in [1.807, 2.05) is 20.8 Å². The van der Waals surface area contributed by atoms with Crippen LogP contribution in [0.4, 0.5) is 4.79 Å². The van der Waals surface area contributed by atoms with Gasteiger partial charge < -0.3 is 23.8 Å². The number of rotatable bonds is 6. The summed E-state index contributed by atoms with van der Waals surface area (Å²) in [4.78, 5) is 26.2. The standard InChI is InChI=1S/C22H26N4O5/c1-6-17-20(30-16-7-9-26(10-8-16)22(27)29-14(2)3)24-13-25-21(17)31-18-12-23-19(28-5)11-15(18)4/h1,11-14,16H,7-10H2,2-5H3. The van der Waals surface area contributed by atoms with Crippen molar-refractivity contribution in [3.63, 3.8) is 0 Å². The van der Waals surface area contributed by atoms with Gasteiger partial charge in [-0.25, -0.2) is 19.7 Å². The van der Waals surface area contributed by atoms with Gasteiger partial charge in [-0.15, -0.1) is 6.42 Å². The van der Waals surface area contributed by atoms with Crippen molar-refractivity contribution in [1.82, 2.24) is 19.9 Å². The average molecular weight is 426 g/mol. The minimum absolute atomic E-state index is 0.137. The van der Waals surface area contributed by atoms with Gasteiger partial charge in [-0.1, -0.05) is 5.92 Å². The molecule has 1 saturated heterocycles. The fraction of sp³-hybridized carbons (Fsp3) is 0.455. The molecule has 3 heterocycles. The number of pyridine rings is 1. The molecule has 0 atom stereocenters. The largest absolute Gasteiger partial charge is 0.481 e. The second-order valence-corrected chi connectivity index (χ2v) is 7.33. The van der Waals surface area contributed by atoms with Crippen LogP contribution in [-0.2, 0) is 4.74 Å². The van der Waals surface area contributed by atoms with Gasteiger partial charge in [0, 0.05) is 32.0 Å². The Morgan fingerprint density at radius 1 is 1.23 bits per heavy atom. The first-order valence-electron chi connectivity index (χ1n) is 10.0. The van der Waals surface area contributed by atoms with E-state index in [1.54, 1.807) is 24.3 Å². The van der Waals surface area contributed by atoms with Crippen LogP contribution in [0.2, 0.25) is 0 Å². The van der Waals surface area contributed by atoms with Gasteiger partial charge in [-0.2, -0.15) is 0 Å². The smallest absolute Gasteiger partial charge is 0.410 e. The van der Waals surface area contributed by atoms with Crippen molar-refractivity contribution in [2.24, 2.45) is 0 Å². The number of carbonyl (C=O) groups excluding carboxylic acids is 1. The first kappa shape index (κ1) is 22.2. The first-order valence-corrected chi connectivity index (χ1v) is 10.0. The third kappa shape index (κ3) is 5.54. The minimum Gasteiger partial charge on any atom is -0.481 e. The van der Waals surface area contributed by atoms with E-state index in [-0.39, 0.29) is 30.1 Å². The predicted octanol–water partition coefficient (Wildman–Crippen LogP) is 3.35. The molecule has 0 aliphatic carbocycles. The van der Waals surface area contributed by atoms with Gasteiger partial charge in [-0.05, 0) is 26.3 Å². The van der Waals surface area contributed by atoms with E-state index in [0.717, 1.165) is 5.56 Å². The number of terminal acetylenes is 1. The van der Waals surface area contributed by atoms with Gasteiger partial charge in [-0.3, -0.25) is 0 Å². The molecule has 0 N–H and O–H groups in total. The first-order chi connectivity index (χ1) is 14.9. The van der Waals surface area contributed by atoms with Gasteiger partial charge >= 0.3 is 6.09 Å². The Balaban J connectivity index is 1.68. The van der Waals surface area contributed by atoms with Crippen LogP contribution in [0.25, 0.3) is 0 Å². The number of amides is 1. The third-order valence-electron chi connectivity index (χ3n) is 4.69. The van der Waals surface area contributed by atoms with E-state index >= 15 is 0 Å². The van der Waals surface area contributed by atoms with E-state index in [2.05, 4.69) is 20.9 Å². The lowest BCUT2D eigenvalue weighted by atomic mass is 10.1. The van der Waals surface area contributed by atoms with Crippen molar-refractivity contribution in [2.75, 3.05) is 20.2 Å². The summed E-state index contributed by atoms with van der Waals surface area (Å²) in [5.74, 6) is 4.02. The van der Waals surface area contributed by atoms with Gasteiger partial charge in [0.15, 0.2) is 5.75 Å². The molecule has 164 valence electrons. The van der Waals surface area contributed by atoms with Crippen LogP contribution < -0.4 is 14.2 Å². The van der Waals surface area contributed by atoms with Crippen LogP contribution in [0.15, 0.2) is 18.6 Å². The lowest BCUT2D eigenvalue weighted by molar-refractivity contribution is 0.0506.